The Morgan fingerprint density at radius 1 is 1.13 bits per heavy atom. The smallest absolute Gasteiger partial charge is 0.289 e. The van der Waals surface area contributed by atoms with Gasteiger partial charge in [0, 0.05) is 23.7 Å². The van der Waals surface area contributed by atoms with Gasteiger partial charge in [0.15, 0.2) is 12.4 Å². The van der Waals surface area contributed by atoms with Gasteiger partial charge in [-0.1, -0.05) is 6.42 Å². The van der Waals surface area contributed by atoms with E-state index >= 15 is 0 Å². The average molecular weight is 422 g/mol. The summed E-state index contributed by atoms with van der Waals surface area (Å²) < 4.78 is 24.1. The van der Waals surface area contributed by atoms with Crippen LogP contribution in [0.3, 0.4) is 0 Å². The minimum atomic E-state index is -0.365. The number of carbonyl (C=O) groups is 2. The van der Waals surface area contributed by atoms with Gasteiger partial charge in [-0.15, -0.1) is 0 Å². The van der Waals surface area contributed by atoms with Gasteiger partial charge in [0.05, 0.1) is 0 Å². The maximum atomic E-state index is 13.0. The van der Waals surface area contributed by atoms with Gasteiger partial charge in [0.25, 0.3) is 11.8 Å². The van der Waals surface area contributed by atoms with Crippen molar-refractivity contribution in [1.82, 2.24) is 4.90 Å². The molecule has 1 saturated carbocycles. The predicted octanol–water partition coefficient (Wildman–Crippen LogP) is 4.60. The molecule has 0 radical (unpaired) electrons. The molecule has 2 amide bonds. The van der Waals surface area contributed by atoms with E-state index in [1.165, 1.54) is 37.1 Å². The zero-order valence-corrected chi connectivity index (χ0v) is 17.0. The Labute approximate surface area is 179 Å². The second-order valence-electron chi connectivity index (χ2n) is 8.30. The van der Waals surface area contributed by atoms with Crippen LogP contribution >= 0.6 is 0 Å². The van der Waals surface area contributed by atoms with E-state index in [1.54, 1.807) is 24.3 Å². The number of hydrogen-bond acceptors (Lipinski definition) is 4. The summed E-state index contributed by atoms with van der Waals surface area (Å²) in [7, 11) is 0. The summed E-state index contributed by atoms with van der Waals surface area (Å²) in [5, 5.41) is 3.52. The van der Waals surface area contributed by atoms with E-state index < -0.39 is 0 Å². The molecule has 31 heavy (non-hydrogen) atoms. The lowest BCUT2D eigenvalue weighted by Crippen LogP contribution is -2.34. The summed E-state index contributed by atoms with van der Waals surface area (Å²) in [6, 6.07) is 12.8. The minimum Gasteiger partial charge on any atom is -0.484 e. The van der Waals surface area contributed by atoms with Crippen LogP contribution in [-0.4, -0.2) is 35.9 Å². The molecule has 1 aromatic heterocycles. The molecule has 2 bridgehead atoms. The van der Waals surface area contributed by atoms with Crippen LogP contribution in [0.2, 0.25) is 0 Å². The minimum absolute atomic E-state index is 0.0520. The second-order valence-corrected chi connectivity index (χ2v) is 8.30. The third-order valence-electron chi connectivity index (χ3n) is 6.11. The van der Waals surface area contributed by atoms with Crippen molar-refractivity contribution in [2.24, 2.45) is 5.92 Å². The normalized spacial score (nSPS) is 20.1. The van der Waals surface area contributed by atoms with Crippen LogP contribution in [-0.2, 0) is 4.79 Å². The average Bonchev–Trinajstić information content (AvgIpc) is 3.32. The maximum Gasteiger partial charge on any atom is 0.289 e. The van der Waals surface area contributed by atoms with Crippen molar-refractivity contribution in [3.8, 4) is 5.75 Å². The first-order valence-corrected chi connectivity index (χ1v) is 10.6. The number of benzene rings is 2. The third-order valence-corrected chi connectivity index (χ3v) is 6.11. The van der Waals surface area contributed by atoms with Crippen molar-refractivity contribution >= 4 is 28.5 Å². The zero-order valence-electron chi connectivity index (χ0n) is 17.0. The number of anilines is 1. The number of halogens is 1. The molecule has 0 spiro atoms. The van der Waals surface area contributed by atoms with Gasteiger partial charge in [-0.25, -0.2) is 4.39 Å². The lowest BCUT2D eigenvalue weighted by molar-refractivity contribution is -0.118. The molecular weight excluding hydrogens is 399 g/mol. The Bertz CT molecular complexity index is 1120. The third kappa shape index (κ3) is 4.13. The first-order chi connectivity index (χ1) is 15.0. The fraction of sp³-hybridized carbons (Fsp3) is 0.333. The molecule has 0 unspecified atom stereocenters. The number of fused-ring (bicyclic) bond motifs is 3. The van der Waals surface area contributed by atoms with Crippen molar-refractivity contribution in [3.63, 3.8) is 0 Å². The van der Waals surface area contributed by atoms with Crippen molar-refractivity contribution in [1.29, 1.82) is 0 Å². The second kappa shape index (κ2) is 8.06. The largest absolute Gasteiger partial charge is 0.484 e. The van der Waals surface area contributed by atoms with Crippen LogP contribution in [0.15, 0.2) is 52.9 Å². The van der Waals surface area contributed by atoms with Crippen LogP contribution in [0.4, 0.5) is 10.1 Å². The van der Waals surface area contributed by atoms with E-state index in [4.69, 9.17) is 9.15 Å². The van der Waals surface area contributed by atoms with Crippen LogP contribution in [0.25, 0.3) is 11.0 Å². The first-order valence-electron chi connectivity index (χ1n) is 10.6. The summed E-state index contributed by atoms with van der Waals surface area (Å²) in [6.07, 6.45) is 4.56. The van der Waals surface area contributed by atoms with Gasteiger partial charge in [-0.3, -0.25) is 9.59 Å². The molecule has 7 heteroatoms. The monoisotopic (exact) mass is 422 g/mol. The predicted molar refractivity (Wildman–Crippen MR) is 114 cm³/mol. The van der Waals surface area contributed by atoms with E-state index in [2.05, 4.69) is 5.32 Å². The molecule has 3 aromatic rings. The number of likely N-dealkylation sites (tertiary alicyclic amines) is 1. The Morgan fingerprint density at radius 2 is 1.97 bits per heavy atom. The Morgan fingerprint density at radius 3 is 2.77 bits per heavy atom. The highest BCUT2D eigenvalue weighted by Gasteiger charge is 2.38. The zero-order chi connectivity index (χ0) is 21.4. The van der Waals surface area contributed by atoms with Gasteiger partial charge < -0.3 is 19.4 Å². The van der Waals surface area contributed by atoms with Gasteiger partial charge in [0.2, 0.25) is 0 Å². The molecule has 2 fully saturated rings. The van der Waals surface area contributed by atoms with Crippen LogP contribution in [0, 0.1) is 11.7 Å². The molecule has 2 atom stereocenters. The van der Waals surface area contributed by atoms with E-state index in [0.717, 1.165) is 24.8 Å². The van der Waals surface area contributed by atoms with Crippen LogP contribution in [0.5, 0.6) is 5.75 Å². The number of nitrogens with zero attached hydrogens (tertiary/aromatic N) is 1. The van der Waals surface area contributed by atoms with Crippen molar-refractivity contribution < 1.29 is 23.1 Å². The Kier molecular flexibility index (Phi) is 5.10. The lowest BCUT2D eigenvalue weighted by atomic mass is 9.90. The number of carbonyl (C=O) groups excluding carboxylic acids is 2. The SMILES string of the molecule is O=C(COc1ccc(F)cc1)Nc1ccc2oc(C(=O)N3C[C@@H]4CCC[C@H]3C4)cc2c1. The van der Waals surface area contributed by atoms with Gasteiger partial charge in [0.1, 0.15) is 17.1 Å². The molecule has 160 valence electrons. The summed E-state index contributed by atoms with van der Waals surface area (Å²) in [5.41, 5.74) is 1.18. The topological polar surface area (TPSA) is 71.8 Å². The molecule has 6 nitrogen and oxygen atoms in total. The Balaban J connectivity index is 1.24. The lowest BCUT2D eigenvalue weighted by Gasteiger charge is -2.23. The van der Waals surface area contributed by atoms with E-state index in [0.29, 0.717) is 34.7 Å². The number of nitrogens with one attached hydrogen (secondary N) is 1. The molecule has 1 saturated heterocycles. The summed E-state index contributed by atoms with van der Waals surface area (Å²) >= 11 is 0. The van der Waals surface area contributed by atoms with Gasteiger partial charge in [-0.2, -0.15) is 0 Å². The van der Waals surface area contributed by atoms with Crippen molar-refractivity contribution in [2.45, 2.75) is 31.7 Å². The highest BCUT2D eigenvalue weighted by Crippen LogP contribution is 2.36. The summed E-state index contributed by atoms with van der Waals surface area (Å²) in [5.74, 6) is 0.612. The van der Waals surface area contributed by atoms with Gasteiger partial charge >= 0.3 is 0 Å². The van der Waals surface area contributed by atoms with E-state index in [1.807, 2.05) is 4.90 Å². The number of hydrogen-bond donors (Lipinski definition) is 1. The van der Waals surface area contributed by atoms with Crippen LogP contribution in [0.1, 0.15) is 36.2 Å². The van der Waals surface area contributed by atoms with Gasteiger partial charge in [-0.05, 0) is 73.7 Å². The standard InChI is InChI=1S/C24H23FN2O4/c25-17-4-7-20(8-5-17)30-14-23(28)26-18-6-9-21-16(11-18)12-22(31-21)24(29)27-13-15-2-1-3-19(27)10-15/h4-9,11-12,15,19H,1-3,10,13-14H2,(H,26,28)/t15-,19+/m1/s1. The highest BCUT2D eigenvalue weighted by molar-refractivity contribution is 5.98. The maximum absolute atomic E-state index is 13.0. The summed E-state index contributed by atoms with van der Waals surface area (Å²) in [4.78, 5) is 27.1. The molecule has 2 aromatic carbocycles. The van der Waals surface area contributed by atoms with Crippen molar-refractivity contribution in [2.75, 3.05) is 18.5 Å². The Hall–Kier alpha value is -3.35. The summed E-state index contributed by atoms with van der Waals surface area (Å²) in [6.45, 7) is 0.617. The highest BCUT2D eigenvalue weighted by atomic mass is 19.1. The van der Waals surface area contributed by atoms with Crippen molar-refractivity contribution in [3.05, 3.63) is 60.1 Å². The quantitative estimate of drug-likeness (QED) is 0.652. The van der Waals surface area contributed by atoms with Crippen LogP contribution < -0.4 is 10.1 Å². The molecule has 2 heterocycles. The van der Waals surface area contributed by atoms with E-state index in [-0.39, 0.29) is 24.2 Å². The fourth-order valence-electron chi connectivity index (χ4n) is 4.63. The number of rotatable bonds is 5. The molecule has 5 rings (SSSR count). The molecule has 1 N–H and O–H groups in total. The fourth-order valence-corrected chi connectivity index (χ4v) is 4.63. The molecule has 2 aliphatic rings. The molecule has 1 aliphatic heterocycles. The number of ether oxygens (including phenoxy) is 1. The van der Waals surface area contributed by atoms with E-state index in [9.17, 15) is 14.0 Å². The molecular formula is C24H23FN2O4. The number of furan rings is 1. The molecule has 1 aliphatic carbocycles. The first kappa shape index (κ1) is 19.6. The number of amides is 2.